The fourth-order valence-corrected chi connectivity index (χ4v) is 2.25. The Morgan fingerprint density at radius 3 is 2.56 bits per heavy atom. The highest BCUT2D eigenvalue weighted by Crippen LogP contribution is 2.14. The SMILES string of the molecule is CCCC(CCCc1ccc(F)cc1F)NCC. The number of benzene rings is 1. The molecular weight excluding hydrogens is 232 g/mol. The predicted octanol–water partition coefficient (Wildman–Crippen LogP) is 4.07. The van der Waals surface area contributed by atoms with Crippen LogP contribution in [0.4, 0.5) is 8.78 Å². The minimum Gasteiger partial charge on any atom is -0.314 e. The van der Waals surface area contributed by atoms with Gasteiger partial charge in [-0.3, -0.25) is 0 Å². The summed E-state index contributed by atoms with van der Waals surface area (Å²) in [5.74, 6) is -0.932. The number of hydrogen-bond acceptors (Lipinski definition) is 1. The summed E-state index contributed by atoms with van der Waals surface area (Å²) in [7, 11) is 0. The molecule has 0 bridgehead atoms. The van der Waals surface area contributed by atoms with E-state index in [1.54, 1.807) is 6.07 Å². The van der Waals surface area contributed by atoms with Gasteiger partial charge in [0, 0.05) is 12.1 Å². The van der Waals surface area contributed by atoms with Gasteiger partial charge in [0.1, 0.15) is 11.6 Å². The molecule has 0 spiro atoms. The standard InChI is InChI=1S/C15H23F2N/c1-3-6-14(18-4-2)8-5-7-12-9-10-13(16)11-15(12)17/h9-11,14,18H,3-8H2,1-2H3. The highest BCUT2D eigenvalue weighted by molar-refractivity contribution is 5.18. The van der Waals surface area contributed by atoms with Crippen LogP contribution in [-0.4, -0.2) is 12.6 Å². The van der Waals surface area contributed by atoms with Crippen molar-refractivity contribution in [3.8, 4) is 0 Å². The molecule has 0 radical (unpaired) electrons. The van der Waals surface area contributed by atoms with Crippen LogP contribution in [0.1, 0.15) is 45.1 Å². The first-order valence-corrected chi connectivity index (χ1v) is 6.84. The van der Waals surface area contributed by atoms with Gasteiger partial charge in [-0.05, 0) is 43.9 Å². The van der Waals surface area contributed by atoms with Crippen LogP contribution >= 0.6 is 0 Å². The van der Waals surface area contributed by atoms with E-state index in [1.165, 1.54) is 6.07 Å². The van der Waals surface area contributed by atoms with Crippen LogP contribution in [-0.2, 0) is 6.42 Å². The van der Waals surface area contributed by atoms with Crippen molar-refractivity contribution in [2.45, 2.75) is 52.0 Å². The van der Waals surface area contributed by atoms with E-state index >= 15 is 0 Å². The Morgan fingerprint density at radius 1 is 1.17 bits per heavy atom. The minimum atomic E-state index is -0.507. The number of aryl methyl sites for hydroxylation is 1. The molecule has 1 atom stereocenters. The summed E-state index contributed by atoms with van der Waals surface area (Å²) in [5, 5.41) is 3.44. The molecule has 0 aliphatic rings. The summed E-state index contributed by atoms with van der Waals surface area (Å²) >= 11 is 0. The van der Waals surface area contributed by atoms with E-state index in [9.17, 15) is 8.78 Å². The van der Waals surface area contributed by atoms with Crippen molar-refractivity contribution in [2.75, 3.05) is 6.54 Å². The van der Waals surface area contributed by atoms with Crippen molar-refractivity contribution in [1.82, 2.24) is 5.32 Å². The highest BCUT2D eigenvalue weighted by atomic mass is 19.1. The lowest BCUT2D eigenvalue weighted by atomic mass is 10.0. The number of nitrogens with one attached hydrogen (secondary N) is 1. The van der Waals surface area contributed by atoms with Gasteiger partial charge in [-0.2, -0.15) is 0 Å². The lowest BCUT2D eigenvalue weighted by Gasteiger charge is -2.16. The largest absolute Gasteiger partial charge is 0.314 e. The van der Waals surface area contributed by atoms with Gasteiger partial charge < -0.3 is 5.32 Å². The van der Waals surface area contributed by atoms with Gasteiger partial charge >= 0.3 is 0 Å². The Balaban J connectivity index is 2.39. The minimum absolute atomic E-state index is 0.425. The molecule has 1 nitrogen and oxygen atoms in total. The molecule has 102 valence electrons. The van der Waals surface area contributed by atoms with Crippen LogP contribution in [0.25, 0.3) is 0 Å². The van der Waals surface area contributed by atoms with Gasteiger partial charge in [0.05, 0.1) is 0 Å². The average Bonchev–Trinajstić information content (AvgIpc) is 2.32. The van der Waals surface area contributed by atoms with E-state index in [2.05, 4.69) is 19.2 Å². The van der Waals surface area contributed by atoms with Crippen molar-refractivity contribution in [3.63, 3.8) is 0 Å². The topological polar surface area (TPSA) is 12.0 Å². The molecule has 1 rings (SSSR count). The van der Waals surface area contributed by atoms with Gasteiger partial charge in [-0.1, -0.05) is 26.3 Å². The van der Waals surface area contributed by atoms with E-state index in [4.69, 9.17) is 0 Å². The second-order valence-corrected chi connectivity index (χ2v) is 4.67. The molecule has 1 unspecified atom stereocenters. The molecule has 0 saturated carbocycles. The molecule has 3 heteroatoms. The molecule has 0 amide bonds. The number of halogens is 2. The zero-order valence-electron chi connectivity index (χ0n) is 11.3. The van der Waals surface area contributed by atoms with Crippen LogP contribution < -0.4 is 5.32 Å². The maximum Gasteiger partial charge on any atom is 0.129 e. The van der Waals surface area contributed by atoms with E-state index < -0.39 is 11.6 Å². The van der Waals surface area contributed by atoms with Gasteiger partial charge in [0.15, 0.2) is 0 Å². The van der Waals surface area contributed by atoms with Crippen molar-refractivity contribution in [2.24, 2.45) is 0 Å². The monoisotopic (exact) mass is 255 g/mol. The smallest absolute Gasteiger partial charge is 0.129 e. The Labute approximate surface area is 109 Å². The molecule has 0 aromatic heterocycles. The summed E-state index contributed by atoms with van der Waals surface area (Å²) in [6.45, 7) is 5.24. The molecule has 0 fully saturated rings. The summed E-state index contributed by atoms with van der Waals surface area (Å²) in [6.07, 6.45) is 4.96. The van der Waals surface area contributed by atoms with Crippen LogP contribution in [0.5, 0.6) is 0 Å². The molecule has 1 N–H and O–H groups in total. The third-order valence-electron chi connectivity index (χ3n) is 3.14. The summed E-state index contributed by atoms with van der Waals surface area (Å²) < 4.78 is 26.2. The number of rotatable bonds is 8. The zero-order chi connectivity index (χ0) is 13.4. The molecule has 0 heterocycles. The molecule has 0 aliphatic carbocycles. The fraction of sp³-hybridized carbons (Fsp3) is 0.600. The Bertz CT molecular complexity index is 346. The van der Waals surface area contributed by atoms with Crippen molar-refractivity contribution >= 4 is 0 Å². The molecule has 1 aromatic carbocycles. The highest BCUT2D eigenvalue weighted by Gasteiger charge is 2.08. The Kier molecular flexibility index (Phi) is 6.88. The van der Waals surface area contributed by atoms with Crippen LogP contribution in [0.2, 0.25) is 0 Å². The first-order chi connectivity index (χ1) is 8.67. The predicted molar refractivity (Wildman–Crippen MR) is 71.7 cm³/mol. The lowest BCUT2D eigenvalue weighted by Crippen LogP contribution is -2.28. The van der Waals surface area contributed by atoms with Gasteiger partial charge in [0.2, 0.25) is 0 Å². The second kappa shape index (κ2) is 8.20. The van der Waals surface area contributed by atoms with Crippen molar-refractivity contribution < 1.29 is 8.78 Å². The van der Waals surface area contributed by atoms with E-state index in [0.717, 1.165) is 38.3 Å². The maximum atomic E-state index is 13.4. The molecule has 0 saturated heterocycles. The fourth-order valence-electron chi connectivity index (χ4n) is 2.25. The van der Waals surface area contributed by atoms with Crippen LogP contribution in [0.15, 0.2) is 18.2 Å². The Morgan fingerprint density at radius 2 is 1.94 bits per heavy atom. The van der Waals surface area contributed by atoms with Crippen LogP contribution in [0.3, 0.4) is 0 Å². The molecular formula is C15H23F2N. The van der Waals surface area contributed by atoms with Gasteiger partial charge in [-0.15, -0.1) is 0 Å². The average molecular weight is 255 g/mol. The van der Waals surface area contributed by atoms with Gasteiger partial charge in [0.25, 0.3) is 0 Å². The summed E-state index contributed by atoms with van der Waals surface area (Å²) in [6, 6.07) is 4.35. The van der Waals surface area contributed by atoms with Gasteiger partial charge in [-0.25, -0.2) is 8.78 Å². The number of hydrogen-bond donors (Lipinski definition) is 1. The molecule has 0 aliphatic heterocycles. The Hall–Kier alpha value is -0.960. The normalized spacial score (nSPS) is 12.7. The zero-order valence-corrected chi connectivity index (χ0v) is 11.3. The maximum absolute atomic E-state index is 13.4. The molecule has 1 aromatic rings. The van der Waals surface area contributed by atoms with Crippen molar-refractivity contribution in [1.29, 1.82) is 0 Å². The quantitative estimate of drug-likeness (QED) is 0.738. The third-order valence-corrected chi connectivity index (χ3v) is 3.14. The first kappa shape index (κ1) is 15.1. The van der Waals surface area contributed by atoms with E-state index in [1.807, 2.05) is 0 Å². The molecule has 18 heavy (non-hydrogen) atoms. The third kappa shape index (κ3) is 5.13. The second-order valence-electron chi connectivity index (χ2n) is 4.67. The van der Waals surface area contributed by atoms with Crippen molar-refractivity contribution in [3.05, 3.63) is 35.4 Å². The first-order valence-electron chi connectivity index (χ1n) is 6.84. The summed E-state index contributed by atoms with van der Waals surface area (Å²) in [4.78, 5) is 0. The van der Waals surface area contributed by atoms with Crippen LogP contribution in [0, 0.1) is 11.6 Å². The summed E-state index contributed by atoms with van der Waals surface area (Å²) in [5.41, 5.74) is 0.614. The van der Waals surface area contributed by atoms with E-state index in [-0.39, 0.29) is 0 Å². The van der Waals surface area contributed by atoms with E-state index in [0.29, 0.717) is 18.0 Å². The lowest BCUT2D eigenvalue weighted by molar-refractivity contribution is 0.445.